The number of hydrogen-bond acceptors (Lipinski definition) is 3. The minimum Gasteiger partial charge on any atom is -0.486 e. The van der Waals surface area contributed by atoms with Crippen LogP contribution in [0.2, 0.25) is 0 Å². The number of halogens is 1. The maximum absolute atomic E-state index is 13.8. The minimum atomic E-state index is -0.614. The second kappa shape index (κ2) is 6.63. The zero-order valence-corrected chi connectivity index (χ0v) is 14.8. The summed E-state index contributed by atoms with van der Waals surface area (Å²) in [7, 11) is 0. The van der Waals surface area contributed by atoms with Crippen LogP contribution >= 0.6 is 0 Å². The van der Waals surface area contributed by atoms with E-state index in [-0.39, 0.29) is 11.7 Å². The number of fused-ring (bicyclic) bond motifs is 1. The molecule has 4 rings (SSSR count). The minimum absolute atomic E-state index is 0.0880. The summed E-state index contributed by atoms with van der Waals surface area (Å²) in [5.74, 6) is 1.00. The smallest absolute Gasteiger partial charge is 0.235 e. The first-order valence-electron chi connectivity index (χ1n) is 9.06. The number of anilines is 1. The van der Waals surface area contributed by atoms with Crippen LogP contribution in [0.4, 0.5) is 10.1 Å². The number of carbonyl (C=O) groups is 1. The highest BCUT2D eigenvalue weighted by Crippen LogP contribution is 2.45. The monoisotopic (exact) mass is 355 g/mol. The van der Waals surface area contributed by atoms with Gasteiger partial charge in [0.1, 0.15) is 19.0 Å². The van der Waals surface area contributed by atoms with Crippen molar-refractivity contribution in [3.05, 3.63) is 53.3 Å². The van der Waals surface area contributed by atoms with Crippen LogP contribution in [0.1, 0.15) is 36.8 Å². The van der Waals surface area contributed by atoms with Crippen molar-refractivity contribution >= 4 is 11.6 Å². The molecule has 1 aliphatic heterocycles. The molecule has 136 valence electrons. The highest BCUT2D eigenvalue weighted by molar-refractivity contribution is 5.99. The van der Waals surface area contributed by atoms with E-state index in [1.54, 1.807) is 19.1 Å². The molecule has 1 aliphatic carbocycles. The van der Waals surface area contributed by atoms with Gasteiger partial charge < -0.3 is 14.8 Å². The Bertz CT molecular complexity index is 843. The first-order valence-corrected chi connectivity index (χ1v) is 9.06. The van der Waals surface area contributed by atoms with Crippen LogP contribution in [-0.2, 0) is 10.2 Å². The summed E-state index contributed by atoms with van der Waals surface area (Å²) in [5, 5.41) is 2.92. The lowest BCUT2D eigenvalue weighted by molar-refractivity contribution is -0.121. The summed E-state index contributed by atoms with van der Waals surface area (Å²) in [6, 6.07) is 10.5. The van der Waals surface area contributed by atoms with Gasteiger partial charge in [0.25, 0.3) is 0 Å². The van der Waals surface area contributed by atoms with Crippen LogP contribution in [0.5, 0.6) is 11.5 Å². The summed E-state index contributed by atoms with van der Waals surface area (Å²) in [6.07, 6.45) is 3.52. The molecule has 0 bridgehead atoms. The summed E-state index contributed by atoms with van der Waals surface area (Å²) >= 11 is 0. The molecule has 4 nitrogen and oxygen atoms in total. The van der Waals surface area contributed by atoms with Gasteiger partial charge in [-0.05, 0) is 55.2 Å². The number of hydrogen-bond donors (Lipinski definition) is 1. The molecule has 1 fully saturated rings. The first-order chi connectivity index (χ1) is 12.6. The van der Waals surface area contributed by atoms with Crippen molar-refractivity contribution in [2.75, 3.05) is 18.5 Å². The molecule has 1 saturated carbocycles. The molecule has 0 spiro atoms. The fourth-order valence-corrected chi connectivity index (χ4v) is 3.89. The van der Waals surface area contributed by atoms with E-state index in [1.807, 2.05) is 18.2 Å². The van der Waals surface area contributed by atoms with Gasteiger partial charge in [-0.2, -0.15) is 0 Å². The highest BCUT2D eigenvalue weighted by atomic mass is 19.1. The third-order valence-corrected chi connectivity index (χ3v) is 5.42. The molecule has 2 aromatic rings. The van der Waals surface area contributed by atoms with Gasteiger partial charge in [-0.15, -0.1) is 0 Å². The van der Waals surface area contributed by atoms with Crippen molar-refractivity contribution in [2.24, 2.45) is 0 Å². The Morgan fingerprint density at radius 2 is 1.77 bits per heavy atom. The van der Waals surface area contributed by atoms with E-state index in [4.69, 9.17) is 9.47 Å². The van der Waals surface area contributed by atoms with Gasteiger partial charge in [-0.1, -0.05) is 25.0 Å². The van der Waals surface area contributed by atoms with Gasteiger partial charge in [-0.25, -0.2) is 4.39 Å². The number of carbonyl (C=O) groups excluding carboxylic acids is 1. The van der Waals surface area contributed by atoms with Crippen LogP contribution in [-0.4, -0.2) is 19.1 Å². The van der Waals surface area contributed by atoms with E-state index in [2.05, 4.69) is 5.32 Å². The molecule has 0 saturated heterocycles. The second-order valence-corrected chi connectivity index (χ2v) is 7.07. The van der Waals surface area contributed by atoms with Gasteiger partial charge in [0.2, 0.25) is 5.91 Å². The third-order valence-electron chi connectivity index (χ3n) is 5.42. The van der Waals surface area contributed by atoms with E-state index < -0.39 is 5.41 Å². The molecular weight excluding hydrogens is 333 g/mol. The second-order valence-electron chi connectivity index (χ2n) is 7.07. The Kier molecular flexibility index (Phi) is 4.31. The van der Waals surface area contributed by atoms with Crippen LogP contribution in [0, 0.1) is 12.7 Å². The standard InChI is InChI=1S/C21H22FNO3/c1-14-4-6-16(13-17(14)22)23-20(24)21(8-2-3-9-21)15-5-7-18-19(12-15)26-11-10-25-18/h4-7,12-13H,2-3,8-11H2,1H3,(H,23,24). The summed E-state index contributed by atoms with van der Waals surface area (Å²) in [6.45, 7) is 2.75. The number of nitrogens with one attached hydrogen (secondary N) is 1. The van der Waals surface area contributed by atoms with E-state index >= 15 is 0 Å². The molecule has 26 heavy (non-hydrogen) atoms. The lowest BCUT2D eigenvalue weighted by Crippen LogP contribution is -2.38. The lowest BCUT2D eigenvalue weighted by atomic mass is 9.77. The van der Waals surface area contributed by atoms with E-state index in [0.29, 0.717) is 36.0 Å². The maximum atomic E-state index is 13.8. The zero-order chi connectivity index (χ0) is 18.1. The third kappa shape index (κ3) is 2.91. The van der Waals surface area contributed by atoms with Crippen molar-refractivity contribution in [1.82, 2.24) is 0 Å². The Hall–Kier alpha value is -2.56. The Labute approximate surface area is 152 Å². The van der Waals surface area contributed by atoms with Gasteiger partial charge >= 0.3 is 0 Å². The van der Waals surface area contributed by atoms with Crippen LogP contribution < -0.4 is 14.8 Å². The fourth-order valence-electron chi connectivity index (χ4n) is 3.89. The predicted molar refractivity (Wildman–Crippen MR) is 97.3 cm³/mol. The average Bonchev–Trinajstić information content (AvgIpc) is 3.15. The Morgan fingerprint density at radius 1 is 1.04 bits per heavy atom. The summed E-state index contributed by atoms with van der Waals surface area (Å²) in [5.41, 5.74) is 1.37. The number of benzene rings is 2. The molecule has 0 unspecified atom stereocenters. The van der Waals surface area contributed by atoms with Crippen molar-refractivity contribution in [3.63, 3.8) is 0 Å². The molecule has 0 atom stereocenters. The molecule has 0 radical (unpaired) electrons. The molecule has 2 aromatic carbocycles. The summed E-state index contributed by atoms with van der Waals surface area (Å²) in [4.78, 5) is 13.2. The molecule has 1 N–H and O–H groups in total. The molecule has 2 aliphatic rings. The molecule has 5 heteroatoms. The largest absolute Gasteiger partial charge is 0.486 e. The van der Waals surface area contributed by atoms with Crippen LogP contribution in [0.15, 0.2) is 36.4 Å². The number of ether oxygens (including phenoxy) is 2. The molecular formula is C21H22FNO3. The van der Waals surface area contributed by atoms with E-state index in [1.165, 1.54) is 6.07 Å². The highest BCUT2D eigenvalue weighted by Gasteiger charge is 2.43. The normalized spacial score (nSPS) is 17.8. The van der Waals surface area contributed by atoms with Gasteiger partial charge in [0.15, 0.2) is 11.5 Å². The van der Waals surface area contributed by atoms with Gasteiger partial charge in [0.05, 0.1) is 5.41 Å². The van der Waals surface area contributed by atoms with Crippen molar-refractivity contribution in [1.29, 1.82) is 0 Å². The average molecular weight is 355 g/mol. The SMILES string of the molecule is Cc1ccc(NC(=O)C2(c3ccc4c(c3)OCCO4)CCCC2)cc1F. The maximum Gasteiger partial charge on any atom is 0.235 e. The van der Waals surface area contributed by atoms with Gasteiger partial charge in [-0.3, -0.25) is 4.79 Å². The number of amides is 1. The quantitative estimate of drug-likeness (QED) is 0.890. The number of rotatable bonds is 3. The number of aryl methyl sites for hydroxylation is 1. The zero-order valence-electron chi connectivity index (χ0n) is 14.8. The Balaban J connectivity index is 1.65. The summed E-state index contributed by atoms with van der Waals surface area (Å²) < 4.78 is 25.1. The van der Waals surface area contributed by atoms with Crippen LogP contribution in [0.25, 0.3) is 0 Å². The Morgan fingerprint density at radius 3 is 2.50 bits per heavy atom. The van der Waals surface area contributed by atoms with Crippen LogP contribution in [0.3, 0.4) is 0 Å². The van der Waals surface area contributed by atoms with E-state index in [9.17, 15) is 9.18 Å². The van der Waals surface area contributed by atoms with Crippen molar-refractivity contribution < 1.29 is 18.7 Å². The van der Waals surface area contributed by atoms with Crippen molar-refractivity contribution in [2.45, 2.75) is 38.0 Å². The lowest BCUT2D eigenvalue weighted by Gasteiger charge is -2.30. The molecule has 1 amide bonds. The topological polar surface area (TPSA) is 47.6 Å². The van der Waals surface area contributed by atoms with Gasteiger partial charge in [0, 0.05) is 5.69 Å². The predicted octanol–water partition coefficient (Wildman–Crippen LogP) is 4.36. The molecule has 1 heterocycles. The first kappa shape index (κ1) is 16.9. The molecule has 0 aromatic heterocycles. The van der Waals surface area contributed by atoms with E-state index in [0.717, 1.165) is 31.2 Å². The fraction of sp³-hybridized carbons (Fsp3) is 0.381. The van der Waals surface area contributed by atoms with Crippen molar-refractivity contribution in [3.8, 4) is 11.5 Å².